The molecule has 0 aliphatic carbocycles. The highest BCUT2D eigenvalue weighted by molar-refractivity contribution is 5.90. The Balaban J connectivity index is 1.75. The summed E-state index contributed by atoms with van der Waals surface area (Å²) in [7, 11) is 1.81. The van der Waals surface area contributed by atoms with Crippen molar-refractivity contribution in [1.82, 2.24) is 20.1 Å². The lowest BCUT2D eigenvalue weighted by molar-refractivity contribution is 0.249. The fourth-order valence-corrected chi connectivity index (χ4v) is 3.58. The van der Waals surface area contributed by atoms with Crippen LogP contribution in [0.3, 0.4) is 0 Å². The number of nitrogens with one attached hydrogen (secondary N) is 2. The average molecular weight is 417 g/mol. The van der Waals surface area contributed by atoms with Crippen molar-refractivity contribution in [2.24, 2.45) is 7.05 Å². The zero-order valence-corrected chi connectivity index (χ0v) is 17.8. The minimum absolute atomic E-state index is 0.0999. The molecule has 1 atom stereocenters. The molecule has 0 saturated heterocycles. The molecule has 0 radical (unpaired) electrons. The van der Waals surface area contributed by atoms with Crippen LogP contribution < -0.4 is 16.1 Å². The number of aryl methyl sites for hydroxylation is 2. The largest absolute Gasteiger partial charge is 0.455 e. The van der Waals surface area contributed by atoms with Gasteiger partial charge in [-0.1, -0.05) is 6.07 Å². The summed E-state index contributed by atoms with van der Waals surface area (Å²) >= 11 is 0. The molecule has 0 bridgehead atoms. The van der Waals surface area contributed by atoms with E-state index in [1.165, 1.54) is 0 Å². The third-order valence-corrected chi connectivity index (χ3v) is 5.09. The lowest BCUT2D eigenvalue weighted by Gasteiger charge is -2.18. The van der Waals surface area contributed by atoms with E-state index in [9.17, 15) is 9.59 Å². The summed E-state index contributed by atoms with van der Waals surface area (Å²) < 4.78 is 7.90. The first-order valence-electron chi connectivity index (χ1n) is 9.88. The van der Waals surface area contributed by atoms with E-state index in [0.717, 1.165) is 16.7 Å². The van der Waals surface area contributed by atoms with Gasteiger partial charge in [0.25, 0.3) is 0 Å². The second kappa shape index (κ2) is 8.06. The number of amides is 2. The quantitative estimate of drug-likeness (QED) is 0.521. The van der Waals surface area contributed by atoms with E-state index >= 15 is 0 Å². The van der Waals surface area contributed by atoms with Crippen molar-refractivity contribution >= 4 is 22.7 Å². The van der Waals surface area contributed by atoms with Gasteiger partial charge in [0.15, 0.2) is 5.43 Å². The van der Waals surface area contributed by atoms with Gasteiger partial charge in [-0.3, -0.25) is 14.5 Å². The van der Waals surface area contributed by atoms with Crippen LogP contribution in [0.4, 0.5) is 10.5 Å². The molecule has 4 aromatic rings. The molecule has 4 rings (SSSR count). The van der Waals surface area contributed by atoms with Crippen molar-refractivity contribution in [3.63, 3.8) is 0 Å². The van der Waals surface area contributed by atoms with E-state index in [0.29, 0.717) is 28.0 Å². The van der Waals surface area contributed by atoms with E-state index in [-0.39, 0.29) is 11.5 Å². The lowest BCUT2D eigenvalue weighted by atomic mass is 9.99. The van der Waals surface area contributed by atoms with Gasteiger partial charge in [-0.25, -0.2) is 4.79 Å². The third-order valence-electron chi connectivity index (χ3n) is 5.09. The molecule has 1 aromatic carbocycles. The zero-order valence-electron chi connectivity index (χ0n) is 17.8. The molecule has 0 aliphatic rings. The van der Waals surface area contributed by atoms with Crippen molar-refractivity contribution in [3.05, 3.63) is 76.0 Å². The molecular weight excluding hydrogens is 394 g/mol. The van der Waals surface area contributed by atoms with Gasteiger partial charge >= 0.3 is 6.03 Å². The number of hydrogen-bond donors (Lipinski definition) is 2. The number of carbonyl (C=O) groups excluding carboxylic acids is 1. The first-order valence-corrected chi connectivity index (χ1v) is 9.88. The van der Waals surface area contributed by atoms with Crippen LogP contribution in [0.25, 0.3) is 22.3 Å². The first-order chi connectivity index (χ1) is 14.8. The Hall–Kier alpha value is -3.94. The van der Waals surface area contributed by atoms with Gasteiger partial charge in [0.05, 0.1) is 35.1 Å². The summed E-state index contributed by atoms with van der Waals surface area (Å²) in [5, 5.41) is 10.3. The maximum absolute atomic E-state index is 13.1. The molecule has 3 heterocycles. The van der Waals surface area contributed by atoms with E-state index < -0.39 is 6.04 Å². The lowest BCUT2D eigenvalue weighted by Crippen LogP contribution is -2.31. The van der Waals surface area contributed by atoms with Gasteiger partial charge in [-0.2, -0.15) is 5.10 Å². The maximum Gasteiger partial charge on any atom is 0.319 e. The summed E-state index contributed by atoms with van der Waals surface area (Å²) in [5.74, 6) is 0.475. The molecule has 0 fully saturated rings. The second-order valence-electron chi connectivity index (χ2n) is 7.58. The fourth-order valence-electron chi connectivity index (χ4n) is 3.58. The molecule has 8 heteroatoms. The van der Waals surface area contributed by atoms with Gasteiger partial charge in [0, 0.05) is 30.6 Å². The maximum atomic E-state index is 13.1. The molecular formula is C23H23N5O3. The minimum atomic E-state index is -0.410. The van der Waals surface area contributed by atoms with Crippen LogP contribution in [0.15, 0.2) is 58.3 Å². The monoisotopic (exact) mass is 417 g/mol. The highest BCUT2D eigenvalue weighted by atomic mass is 16.3. The number of pyridine rings is 1. The van der Waals surface area contributed by atoms with Gasteiger partial charge in [0.2, 0.25) is 0 Å². The summed E-state index contributed by atoms with van der Waals surface area (Å²) in [5.41, 5.74) is 3.81. The Bertz CT molecular complexity index is 1320. The number of urea groups is 1. The van der Waals surface area contributed by atoms with Gasteiger partial charge < -0.3 is 15.1 Å². The molecule has 8 nitrogen and oxygen atoms in total. The van der Waals surface area contributed by atoms with Crippen molar-refractivity contribution in [2.45, 2.75) is 26.8 Å². The van der Waals surface area contributed by atoms with Gasteiger partial charge in [-0.15, -0.1) is 0 Å². The molecule has 158 valence electrons. The Morgan fingerprint density at radius 3 is 2.71 bits per heavy atom. The highest BCUT2D eigenvalue weighted by Gasteiger charge is 2.20. The normalized spacial score (nSPS) is 12.0. The summed E-state index contributed by atoms with van der Waals surface area (Å²) in [6.45, 7) is 5.51. The molecule has 0 aliphatic heterocycles. The molecule has 1 unspecified atom stereocenters. The number of benzene rings is 1. The summed E-state index contributed by atoms with van der Waals surface area (Å²) in [4.78, 5) is 29.6. The van der Waals surface area contributed by atoms with E-state index in [1.54, 1.807) is 55.6 Å². The Morgan fingerprint density at radius 2 is 2.03 bits per heavy atom. The third kappa shape index (κ3) is 4.05. The summed E-state index contributed by atoms with van der Waals surface area (Å²) in [6.07, 6.45) is 6.66. The summed E-state index contributed by atoms with van der Waals surface area (Å²) in [6, 6.07) is 6.44. The number of rotatable bonds is 4. The second-order valence-corrected chi connectivity index (χ2v) is 7.58. The van der Waals surface area contributed by atoms with Crippen molar-refractivity contribution < 1.29 is 9.21 Å². The predicted molar refractivity (Wildman–Crippen MR) is 119 cm³/mol. The topological polar surface area (TPSA) is 102 Å². The van der Waals surface area contributed by atoms with Crippen LogP contribution in [-0.2, 0) is 7.05 Å². The van der Waals surface area contributed by atoms with Crippen molar-refractivity contribution in [1.29, 1.82) is 0 Å². The SMILES string of the molecule is Cc1cc(C(C)NC(=O)Nc2cccnc2)c2oc(-c3cnn(C)c3)c(C)c(=O)c2c1. The number of hydrogen-bond acceptors (Lipinski definition) is 5. The van der Waals surface area contributed by atoms with Crippen LogP contribution in [0, 0.1) is 13.8 Å². The van der Waals surface area contributed by atoms with E-state index in [4.69, 9.17) is 4.42 Å². The Morgan fingerprint density at radius 1 is 1.23 bits per heavy atom. The van der Waals surface area contributed by atoms with Crippen LogP contribution in [-0.4, -0.2) is 20.8 Å². The minimum Gasteiger partial charge on any atom is -0.455 e. The zero-order chi connectivity index (χ0) is 22.1. The number of nitrogens with zero attached hydrogens (tertiary/aromatic N) is 3. The van der Waals surface area contributed by atoms with Crippen LogP contribution >= 0.6 is 0 Å². The molecule has 31 heavy (non-hydrogen) atoms. The van der Waals surface area contributed by atoms with Crippen LogP contribution in [0.2, 0.25) is 0 Å². The van der Waals surface area contributed by atoms with Gasteiger partial charge in [-0.05, 0) is 44.5 Å². The fraction of sp³-hybridized carbons (Fsp3) is 0.217. The van der Waals surface area contributed by atoms with E-state index in [1.807, 2.05) is 26.0 Å². The molecule has 2 amide bonds. The number of anilines is 1. The van der Waals surface area contributed by atoms with Crippen LogP contribution in [0.1, 0.15) is 29.7 Å². The van der Waals surface area contributed by atoms with Crippen molar-refractivity contribution in [3.8, 4) is 11.3 Å². The molecule has 0 saturated carbocycles. The smallest absolute Gasteiger partial charge is 0.319 e. The number of fused-ring (bicyclic) bond motifs is 1. The Labute approximate surface area is 178 Å². The predicted octanol–water partition coefficient (Wildman–Crippen LogP) is 4.09. The molecule has 3 aromatic heterocycles. The van der Waals surface area contributed by atoms with E-state index in [2.05, 4.69) is 20.7 Å². The first kappa shape index (κ1) is 20.3. The van der Waals surface area contributed by atoms with Gasteiger partial charge in [0.1, 0.15) is 11.3 Å². The Kier molecular flexibility index (Phi) is 5.29. The molecule has 2 N–H and O–H groups in total. The number of carbonyl (C=O) groups is 1. The average Bonchev–Trinajstić information content (AvgIpc) is 3.17. The van der Waals surface area contributed by atoms with Crippen LogP contribution in [0.5, 0.6) is 0 Å². The van der Waals surface area contributed by atoms with Crippen molar-refractivity contribution in [2.75, 3.05) is 5.32 Å². The standard InChI is InChI=1S/C23H23N5O3/c1-13-8-18(15(3)26-23(30)27-17-6-5-7-24-11-17)22-19(9-13)20(29)14(2)21(31-22)16-10-25-28(4)12-16/h5-12,15H,1-4H3,(H2,26,27,30). The molecule has 0 spiro atoms. The number of aromatic nitrogens is 3. The highest BCUT2D eigenvalue weighted by Crippen LogP contribution is 2.30.